The fourth-order valence-electron chi connectivity index (χ4n) is 4.04. The van der Waals surface area contributed by atoms with E-state index in [4.69, 9.17) is 0 Å². The maximum atomic E-state index is 12.7. The summed E-state index contributed by atoms with van der Waals surface area (Å²) in [5.41, 5.74) is 2.32. The van der Waals surface area contributed by atoms with Crippen LogP contribution in [0.1, 0.15) is 36.8 Å². The summed E-state index contributed by atoms with van der Waals surface area (Å²) in [6.45, 7) is 5.08. The van der Waals surface area contributed by atoms with E-state index in [1.54, 1.807) is 4.90 Å². The highest BCUT2D eigenvalue weighted by atomic mass is 16.2. The Morgan fingerprint density at radius 1 is 1.04 bits per heavy atom. The van der Waals surface area contributed by atoms with Gasteiger partial charge in [-0.3, -0.25) is 14.4 Å². The molecular weight excluding hydrogens is 342 g/mol. The van der Waals surface area contributed by atoms with Crippen LogP contribution in [0.3, 0.4) is 0 Å². The van der Waals surface area contributed by atoms with Crippen molar-refractivity contribution in [3.8, 4) is 0 Å². The van der Waals surface area contributed by atoms with E-state index in [-0.39, 0.29) is 23.7 Å². The summed E-state index contributed by atoms with van der Waals surface area (Å²) in [6, 6.07) is 8.07. The van der Waals surface area contributed by atoms with Gasteiger partial charge in [0.05, 0.1) is 0 Å². The molecule has 0 aromatic heterocycles. The number of hydrogen-bond donors (Lipinski definition) is 1. The second-order valence-corrected chi connectivity index (χ2v) is 7.66. The maximum absolute atomic E-state index is 12.7. The molecule has 6 heteroatoms. The van der Waals surface area contributed by atoms with Crippen LogP contribution in [-0.2, 0) is 20.9 Å². The highest BCUT2D eigenvalue weighted by Gasteiger charge is 2.33. The molecule has 3 rings (SSSR count). The Hall–Kier alpha value is -2.37. The fraction of sp³-hybridized carbons (Fsp3) is 0.571. The van der Waals surface area contributed by atoms with Crippen LogP contribution >= 0.6 is 0 Å². The smallest absolute Gasteiger partial charge is 0.225 e. The van der Waals surface area contributed by atoms with Crippen LogP contribution in [0.5, 0.6) is 0 Å². The molecule has 1 aliphatic carbocycles. The molecule has 3 amide bonds. The molecule has 2 fully saturated rings. The van der Waals surface area contributed by atoms with Crippen molar-refractivity contribution in [2.45, 2.75) is 39.2 Å². The summed E-state index contributed by atoms with van der Waals surface area (Å²) in [4.78, 5) is 39.5. The molecule has 146 valence electrons. The quantitative estimate of drug-likeness (QED) is 0.801. The van der Waals surface area contributed by atoms with Gasteiger partial charge in [-0.25, -0.2) is 0 Å². The zero-order valence-electron chi connectivity index (χ0n) is 16.0. The van der Waals surface area contributed by atoms with Gasteiger partial charge in [-0.2, -0.15) is 0 Å². The van der Waals surface area contributed by atoms with Gasteiger partial charge in [-0.05, 0) is 43.7 Å². The van der Waals surface area contributed by atoms with Gasteiger partial charge >= 0.3 is 0 Å². The lowest BCUT2D eigenvalue weighted by atomic mass is 9.80. The van der Waals surface area contributed by atoms with Gasteiger partial charge in [0, 0.05) is 44.6 Å². The molecular formula is C21H29N3O3. The van der Waals surface area contributed by atoms with E-state index >= 15 is 0 Å². The largest absolute Gasteiger partial charge is 0.352 e. The van der Waals surface area contributed by atoms with Crippen molar-refractivity contribution in [3.63, 3.8) is 0 Å². The Kier molecular flexibility index (Phi) is 6.48. The number of carbonyl (C=O) groups excluding carboxylic acids is 3. The van der Waals surface area contributed by atoms with Crippen LogP contribution < -0.4 is 5.32 Å². The second kappa shape index (κ2) is 9.02. The first-order valence-electron chi connectivity index (χ1n) is 9.89. The van der Waals surface area contributed by atoms with E-state index in [9.17, 15) is 14.4 Å². The molecule has 1 N–H and O–H groups in total. The summed E-state index contributed by atoms with van der Waals surface area (Å²) in [5, 5.41) is 3.06. The SMILES string of the molecule is Cc1ccccc1CNC(=O)C1CCC(C(=O)N2CCN(C=O)CC2)CC1. The van der Waals surface area contributed by atoms with Gasteiger partial charge in [0.2, 0.25) is 18.2 Å². The van der Waals surface area contributed by atoms with E-state index in [0.29, 0.717) is 32.7 Å². The minimum absolute atomic E-state index is 0.00461. The van der Waals surface area contributed by atoms with Gasteiger partial charge in [-0.15, -0.1) is 0 Å². The number of benzene rings is 1. The van der Waals surface area contributed by atoms with Crippen molar-refractivity contribution in [1.82, 2.24) is 15.1 Å². The fourth-order valence-corrected chi connectivity index (χ4v) is 4.04. The van der Waals surface area contributed by atoms with Crippen molar-refractivity contribution in [1.29, 1.82) is 0 Å². The average Bonchev–Trinajstić information content (AvgIpc) is 2.72. The summed E-state index contributed by atoms with van der Waals surface area (Å²) in [6.07, 6.45) is 3.93. The number of rotatable bonds is 5. The third-order valence-electron chi connectivity index (χ3n) is 5.94. The number of aryl methyl sites for hydroxylation is 1. The Labute approximate surface area is 160 Å². The molecule has 6 nitrogen and oxygen atoms in total. The molecule has 1 aromatic carbocycles. The van der Waals surface area contributed by atoms with Crippen LogP contribution in [0.4, 0.5) is 0 Å². The predicted molar refractivity (Wildman–Crippen MR) is 103 cm³/mol. The molecule has 1 heterocycles. The van der Waals surface area contributed by atoms with Gasteiger partial charge in [-0.1, -0.05) is 24.3 Å². The number of nitrogens with zero attached hydrogens (tertiary/aromatic N) is 2. The van der Waals surface area contributed by atoms with Gasteiger partial charge < -0.3 is 15.1 Å². The molecule has 1 aliphatic heterocycles. The molecule has 0 bridgehead atoms. The summed E-state index contributed by atoms with van der Waals surface area (Å²) < 4.78 is 0. The van der Waals surface area contributed by atoms with E-state index < -0.39 is 0 Å². The van der Waals surface area contributed by atoms with Crippen LogP contribution in [0.15, 0.2) is 24.3 Å². The van der Waals surface area contributed by atoms with E-state index in [0.717, 1.165) is 37.7 Å². The monoisotopic (exact) mass is 371 g/mol. The molecule has 2 aliphatic rings. The highest BCUT2D eigenvalue weighted by molar-refractivity contribution is 5.81. The number of nitrogens with one attached hydrogen (secondary N) is 1. The summed E-state index contributed by atoms with van der Waals surface area (Å²) in [7, 11) is 0. The zero-order valence-corrected chi connectivity index (χ0v) is 16.0. The number of amides is 3. The minimum Gasteiger partial charge on any atom is -0.352 e. The third kappa shape index (κ3) is 4.87. The zero-order chi connectivity index (χ0) is 19.2. The van der Waals surface area contributed by atoms with E-state index in [1.807, 2.05) is 36.1 Å². The second-order valence-electron chi connectivity index (χ2n) is 7.66. The molecule has 1 aromatic rings. The summed E-state index contributed by atoms with van der Waals surface area (Å²) in [5.74, 6) is 0.321. The predicted octanol–water partition coefficient (Wildman–Crippen LogP) is 1.72. The molecule has 1 saturated carbocycles. The minimum atomic E-state index is 0.00461. The van der Waals surface area contributed by atoms with Gasteiger partial charge in [0.1, 0.15) is 0 Å². The molecule has 0 spiro atoms. The Balaban J connectivity index is 1.43. The third-order valence-corrected chi connectivity index (χ3v) is 5.94. The maximum Gasteiger partial charge on any atom is 0.225 e. The van der Waals surface area contributed by atoms with Crippen molar-refractivity contribution in [2.24, 2.45) is 11.8 Å². The first-order valence-corrected chi connectivity index (χ1v) is 9.89. The molecule has 0 unspecified atom stereocenters. The molecule has 0 atom stereocenters. The first kappa shape index (κ1) is 19.4. The molecule has 1 saturated heterocycles. The van der Waals surface area contributed by atoms with E-state index in [2.05, 4.69) is 5.32 Å². The Bertz CT molecular complexity index is 675. The lowest BCUT2D eigenvalue weighted by molar-refractivity contribution is -0.141. The van der Waals surface area contributed by atoms with Crippen molar-refractivity contribution in [3.05, 3.63) is 35.4 Å². The number of hydrogen-bond acceptors (Lipinski definition) is 3. The van der Waals surface area contributed by atoms with E-state index in [1.165, 1.54) is 5.56 Å². The van der Waals surface area contributed by atoms with Gasteiger partial charge in [0.15, 0.2) is 0 Å². The molecule has 0 radical (unpaired) electrons. The van der Waals surface area contributed by atoms with Crippen molar-refractivity contribution < 1.29 is 14.4 Å². The highest BCUT2D eigenvalue weighted by Crippen LogP contribution is 2.30. The van der Waals surface area contributed by atoms with Crippen LogP contribution in [0.25, 0.3) is 0 Å². The molecule has 27 heavy (non-hydrogen) atoms. The van der Waals surface area contributed by atoms with Crippen LogP contribution in [0.2, 0.25) is 0 Å². The Morgan fingerprint density at radius 2 is 1.67 bits per heavy atom. The Morgan fingerprint density at radius 3 is 2.30 bits per heavy atom. The average molecular weight is 371 g/mol. The standard InChI is InChI=1S/C21H29N3O3/c1-16-4-2-3-5-19(16)14-22-20(26)17-6-8-18(9-7-17)21(27)24-12-10-23(15-25)11-13-24/h2-5,15,17-18H,6-14H2,1H3,(H,22,26). The van der Waals surface area contributed by atoms with Crippen molar-refractivity contribution in [2.75, 3.05) is 26.2 Å². The first-order chi connectivity index (χ1) is 13.1. The number of piperazine rings is 1. The van der Waals surface area contributed by atoms with Crippen LogP contribution in [0, 0.1) is 18.8 Å². The van der Waals surface area contributed by atoms with Gasteiger partial charge in [0.25, 0.3) is 0 Å². The lowest BCUT2D eigenvalue weighted by Crippen LogP contribution is -2.50. The normalized spacial score (nSPS) is 23.0. The topological polar surface area (TPSA) is 69.7 Å². The number of carbonyl (C=O) groups is 3. The van der Waals surface area contributed by atoms with Crippen LogP contribution in [-0.4, -0.2) is 54.2 Å². The summed E-state index contributed by atoms with van der Waals surface area (Å²) >= 11 is 0. The van der Waals surface area contributed by atoms with Crippen molar-refractivity contribution >= 4 is 18.2 Å². The lowest BCUT2D eigenvalue weighted by Gasteiger charge is -2.36.